The second-order valence-electron chi connectivity index (χ2n) is 3.09. The number of carbonyl (C=O) groups is 1. The Bertz CT molecular complexity index is 210. The number of hydrogen-bond acceptors (Lipinski definition) is 2. The fourth-order valence-electron chi connectivity index (χ4n) is 1.41. The van der Waals surface area contributed by atoms with Crippen molar-refractivity contribution in [1.29, 1.82) is 0 Å². The first-order valence-electron chi connectivity index (χ1n) is 4.16. The molecule has 0 aromatic heterocycles. The normalized spacial score (nSPS) is 26.4. The quantitative estimate of drug-likeness (QED) is 0.474. The second kappa shape index (κ2) is 3.13. The van der Waals surface area contributed by atoms with E-state index in [1.54, 1.807) is 12.2 Å². The van der Waals surface area contributed by atoms with E-state index in [9.17, 15) is 4.79 Å². The fraction of sp³-hybridized carbons (Fsp3) is 0.500. The zero-order valence-electron chi connectivity index (χ0n) is 7.38. The van der Waals surface area contributed by atoms with Gasteiger partial charge in [0.2, 0.25) is 0 Å². The van der Waals surface area contributed by atoms with E-state index in [1.165, 1.54) is 0 Å². The molecule has 0 bridgehead atoms. The molecule has 1 fully saturated rings. The molecule has 0 radical (unpaired) electrons. The van der Waals surface area contributed by atoms with E-state index in [1.807, 2.05) is 6.92 Å². The van der Waals surface area contributed by atoms with Crippen LogP contribution >= 0.6 is 0 Å². The first-order valence-corrected chi connectivity index (χ1v) is 4.16. The summed E-state index contributed by atoms with van der Waals surface area (Å²) in [5.74, 6) is -0.209. The molecule has 66 valence electrons. The predicted molar refractivity (Wildman–Crippen MR) is 47.6 cm³/mol. The summed E-state index contributed by atoms with van der Waals surface area (Å²) in [5.41, 5.74) is -0.624. The van der Waals surface area contributed by atoms with Crippen molar-refractivity contribution in [2.24, 2.45) is 5.41 Å². The third-order valence-electron chi connectivity index (χ3n) is 2.40. The van der Waals surface area contributed by atoms with Crippen LogP contribution in [-0.2, 0) is 9.53 Å². The van der Waals surface area contributed by atoms with Crippen LogP contribution in [0.4, 0.5) is 0 Å². The Balaban J connectivity index is 2.85. The molecular weight excluding hydrogens is 152 g/mol. The third-order valence-corrected chi connectivity index (χ3v) is 2.40. The average molecular weight is 166 g/mol. The number of rotatable bonds is 3. The van der Waals surface area contributed by atoms with Crippen molar-refractivity contribution in [3.63, 3.8) is 0 Å². The third kappa shape index (κ3) is 1.17. The second-order valence-corrected chi connectivity index (χ2v) is 3.09. The number of ether oxygens (including phenoxy) is 1. The van der Waals surface area contributed by atoms with Gasteiger partial charge in [-0.3, -0.25) is 4.79 Å². The van der Waals surface area contributed by atoms with Gasteiger partial charge in [0, 0.05) is 6.42 Å². The summed E-state index contributed by atoms with van der Waals surface area (Å²) < 4.78 is 5.13. The van der Waals surface area contributed by atoms with Gasteiger partial charge in [0.25, 0.3) is 0 Å². The molecule has 1 saturated heterocycles. The van der Waals surface area contributed by atoms with Gasteiger partial charge in [-0.15, -0.1) is 13.2 Å². The smallest absolute Gasteiger partial charge is 0.320 e. The van der Waals surface area contributed by atoms with Gasteiger partial charge >= 0.3 is 5.97 Å². The molecule has 1 aliphatic heterocycles. The topological polar surface area (TPSA) is 26.3 Å². The molecular formula is C10H14O2. The highest BCUT2D eigenvalue weighted by Gasteiger charge is 2.43. The predicted octanol–water partition coefficient (Wildman–Crippen LogP) is 2.07. The molecule has 1 rings (SSSR count). The van der Waals surface area contributed by atoms with Crippen LogP contribution in [-0.4, -0.2) is 12.1 Å². The van der Waals surface area contributed by atoms with Crippen molar-refractivity contribution < 1.29 is 9.53 Å². The summed E-state index contributed by atoms with van der Waals surface area (Å²) in [5, 5.41) is 0. The average Bonchev–Trinajstić information content (AvgIpc) is 2.43. The first kappa shape index (κ1) is 9.04. The van der Waals surface area contributed by atoms with Crippen LogP contribution < -0.4 is 0 Å². The molecule has 0 aliphatic carbocycles. The lowest BCUT2D eigenvalue weighted by molar-refractivity contribution is -0.145. The van der Waals surface area contributed by atoms with Crippen LogP contribution in [0.1, 0.15) is 19.8 Å². The van der Waals surface area contributed by atoms with E-state index < -0.39 is 5.41 Å². The minimum atomic E-state index is -0.624. The molecule has 0 spiro atoms. The lowest BCUT2D eigenvalue weighted by atomic mass is 9.85. The molecule has 1 heterocycles. The van der Waals surface area contributed by atoms with Crippen molar-refractivity contribution >= 4 is 5.97 Å². The van der Waals surface area contributed by atoms with Gasteiger partial charge in [-0.05, 0) is 6.42 Å². The van der Waals surface area contributed by atoms with Crippen LogP contribution in [0.15, 0.2) is 25.3 Å². The van der Waals surface area contributed by atoms with Crippen molar-refractivity contribution in [3.8, 4) is 0 Å². The molecule has 12 heavy (non-hydrogen) atoms. The molecule has 0 N–H and O–H groups in total. The highest BCUT2D eigenvalue weighted by atomic mass is 16.6. The molecule has 0 amide bonds. The Morgan fingerprint density at radius 2 is 2.25 bits per heavy atom. The first-order chi connectivity index (χ1) is 5.68. The summed E-state index contributed by atoms with van der Waals surface area (Å²) in [4.78, 5) is 11.4. The number of esters is 1. The van der Waals surface area contributed by atoms with E-state index in [4.69, 9.17) is 4.74 Å². The maximum absolute atomic E-state index is 11.4. The van der Waals surface area contributed by atoms with Gasteiger partial charge in [0.15, 0.2) is 0 Å². The molecule has 1 atom stereocenters. The molecule has 2 nitrogen and oxygen atoms in total. The van der Waals surface area contributed by atoms with Crippen LogP contribution in [0.3, 0.4) is 0 Å². The molecule has 1 unspecified atom stereocenters. The largest absolute Gasteiger partial charge is 0.461 e. The molecule has 2 heteroatoms. The SMILES string of the molecule is C=CC1(C=C)CC(CC)OC1=O. The van der Waals surface area contributed by atoms with Crippen molar-refractivity contribution in [2.75, 3.05) is 0 Å². The van der Waals surface area contributed by atoms with E-state index in [0.29, 0.717) is 6.42 Å². The standard InChI is InChI=1S/C10H14O2/c1-4-8-7-10(5-2,6-3)9(11)12-8/h5-6,8H,2-4,7H2,1H3. The van der Waals surface area contributed by atoms with Gasteiger partial charge in [0.05, 0.1) is 0 Å². The van der Waals surface area contributed by atoms with E-state index >= 15 is 0 Å². The Hall–Kier alpha value is -1.05. The van der Waals surface area contributed by atoms with Crippen LogP contribution in [0.25, 0.3) is 0 Å². The number of cyclic esters (lactones) is 1. The lowest BCUT2D eigenvalue weighted by Crippen LogP contribution is -2.20. The summed E-state index contributed by atoms with van der Waals surface area (Å²) in [6.45, 7) is 9.27. The van der Waals surface area contributed by atoms with Crippen LogP contribution in [0, 0.1) is 5.41 Å². The van der Waals surface area contributed by atoms with Crippen LogP contribution in [0.5, 0.6) is 0 Å². The van der Waals surface area contributed by atoms with Gasteiger partial charge in [0.1, 0.15) is 11.5 Å². The minimum Gasteiger partial charge on any atom is -0.461 e. The Morgan fingerprint density at radius 1 is 1.67 bits per heavy atom. The summed E-state index contributed by atoms with van der Waals surface area (Å²) in [6.07, 6.45) is 4.83. The zero-order chi connectivity index (χ0) is 9.19. The van der Waals surface area contributed by atoms with Crippen molar-refractivity contribution in [2.45, 2.75) is 25.9 Å². The highest BCUT2D eigenvalue weighted by molar-refractivity contribution is 5.83. The summed E-state index contributed by atoms with van der Waals surface area (Å²) >= 11 is 0. The molecule has 0 aromatic carbocycles. The van der Waals surface area contributed by atoms with Crippen molar-refractivity contribution in [1.82, 2.24) is 0 Å². The van der Waals surface area contributed by atoms with Crippen LogP contribution in [0.2, 0.25) is 0 Å². The van der Waals surface area contributed by atoms with Crippen molar-refractivity contribution in [3.05, 3.63) is 25.3 Å². The van der Waals surface area contributed by atoms with E-state index in [2.05, 4.69) is 13.2 Å². The van der Waals surface area contributed by atoms with Gasteiger partial charge in [-0.2, -0.15) is 0 Å². The van der Waals surface area contributed by atoms with Gasteiger partial charge in [-0.1, -0.05) is 19.1 Å². The summed E-state index contributed by atoms with van der Waals surface area (Å²) in [6, 6.07) is 0. The number of hydrogen-bond donors (Lipinski definition) is 0. The fourth-order valence-corrected chi connectivity index (χ4v) is 1.41. The zero-order valence-corrected chi connectivity index (χ0v) is 7.38. The maximum Gasteiger partial charge on any atom is 0.320 e. The number of carbonyl (C=O) groups excluding carboxylic acids is 1. The molecule has 0 saturated carbocycles. The van der Waals surface area contributed by atoms with E-state index in [0.717, 1.165) is 6.42 Å². The lowest BCUT2D eigenvalue weighted by Gasteiger charge is -2.12. The monoisotopic (exact) mass is 166 g/mol. The summed E-state index contributed by atoms with van der Waals surface area (Å²) in [7, 11) is 0. The van der Waals surface area contributed by atoms with Gasteiger partial charge in [-0.25, -0.2) is 0 Å². The minimum absolute atomic E-state index is 0.0356. The van der Waals surface area contributed by atoms with Gasteiger partial charge < -0.3 is 4.74 Å². The Labute approximate surface area is 72.9 Å². The maximum atomic E-state index is 11.4. The molecule has 0 aromatic rings. The molecule has 1 aliphatic rings. The Morgan fingerprint density at radius 3 is 2.50 bits per heavy atom. The van der Waals surface area contributed by atoms with E-state index in [-0.39, 0.29) is 12.1 Å². The Kier molecular flexibility index (Phi) is 2.36. The highest BCUT2D eigenvalue weighted by Crippen LogP contribution is 2.37.